The maximum absolute atomic E-state index is 11.7. The van der Waals surface area contributed by atoms with Gasteiger partial charge in [0, 0.05) is 17.9 Å². The number of anilines is 1. The fourth-order valence-corrected chi connectivity index (χ4v) is 1.67. The number of amides is 1. The van der Waals surface area contributed by atoms with Gasteiger partial charge in [-0.2, -0.15) is 16.9 Å². The van der Waals surface area contributed by atoms with Crippen LogP contribution in [0.2, 0.25) is 0 Å². The molecule has 0 saturated heterocycles. The van der Waals surface area contributed by atoms with E-state index < -0.39 is 11.5 Å². The van der Waals surface area contributed by atoms with Crippen LogP contribution in [0, 0.1) is 0 Å². The van der Waals surface area contributed by atoms with E-state index in [1.165, 1.54) is 17.1 Å². The molecule has 1 heterocycles. The molecule has 0 aliphatic rings. The summed E-state index contributed by atoms with van der Waals surface area (Å²) in [6, 6.07) is 0. The Bertz CT molecular complexity index is 471. The van der Waals surface area contributed by atoms with Crippen LogP contribution >= 0.6 is 11.8 Å². The maximum Gasteiger partial charge on any atom is 0.331 e. The smallest absolute Gasteiger partial charge is 0.331 e. The molecule has 1 unspecified atom stereocenters. The molecule has 1 rings (SSSR count). The van der Waals surface area contributed by atoms with E-state index in [2.05, 4.69) is 10.4 Å². The first-order valence-corrected chi connectivity index (χ1v) is 7.17. The Morgan fingerprint density at radius 1 is 1.58 bits per heavy atom. The van der Waals surface area contributed by atoms with Crippen LogP contribution in [-0.2, 0) is 15.1 Å². The summed E-state index contributed by atoms with van der Waals surface area (Å²) in [5, 5.41) is 16.0. The van der Waals surface area contributed by atoms with Gasteiger partial charge >= 0.3 is 5.97 Å². The number of hydrogen-bond donors (Lipinski definition) is 2. The van der Waals surface area contributed by atoms with Gasteiger partial charge in [-0.25, -0.2) is 4.79 Å². The molecule has 0 radical (unpaired) electrons. The third-order valence-corrected chi connectivity index (χ3v) is 3.81. The summed E-state index contributed by atoms with van der Waals surface area (Å²) < 4.78 is 1.32. The topological polar surface area (TPSA) is 84.2 Å². The Morgan fingerprint density at radius 2 is 2.21 bits per heavy atom. The molecule has 19 heavy (non-hydrogen) atoms. The summed E-state index contributed by atoms with van der Waals surface area (Å²) in [5.41, 5.74) is -0.636. The van der Waals surface area contributed by atoms with E-state index in [0.717, 1.165) is 0 Å². The van der Waals surface area contributed by atoms with Crippen LogP contribution in [0.5, 0.6) is 0 Å². The first kappa shape index (κ1) is 15.6. The fourth-order valence-electron chi connectivity index (χ4n) is 1.35. The van der Waals surface area contributed by atoms with E-state index in [-0.39, 0.29) is 11.2 Å². The Hall–Kier alpha value is -1.50. The highest BCUT2D eigenvalue weighted by Crippen LogP contribution is 2.18. The van der Waals surface area contributed by atoms with Crippen LogP contribution in [-0.4, -0.2) is 38.3 Å². The second kappa shape index (κ2) is 6.10. The van der Waals surface area contributed by atoms with Crippen molar-refractivity contribution in [3.8, 4) is 0 Å². The molecular weight excluding hydrogens is 266 g/mol. The molecular formula is C12H19N3O3S. The highest BCUT2D eigenvalue weighted by Gasteiger charge is 2.30. The zero-order valence-corrected chi connectivity index (χ0v) is 12.3. The molecule has 0 saturated carbocycles. The molecule has 0 aliphatic heterocycles. The monoisotopic (exact) mass is 285 g/mol. The average Bonchev–Trinajstić information content (AvgIpc) is 2.77. The van der Waals surface area contributed by atoms with Crippen molar-refractivity contribution < 1.29 is 14.7 Å². The Kier molecular flexibility index (Phi) is 4.99. The van der Waals surface area contributed by atoms with Crippen molar-refractivity contribution in [1.29, 1.82) is 0 Å². The molecule has 1 aromatic rings. The third-order valence-electron chi connectivity index (χ3n) is 2.84. The molecule has 1 atom stereocenters. The van der Waals surface area contributed by atoms with Gasteiger partial charge in [-0.05, 0) is 20.1 Å². The van der Waals surface area contributed by atoms with E-state index in [4.69, 9.17) is 5.11 Å². The Labute approximate surface area is 116 Å². The summed E-state index contributed by atoms with van der Waals surface area (Å²) in [7, 11) is 0. The number of hydrogen-bond acceptors (Lipinski definition) is 4. The number of carboxylic acid groups (broad SMARTS) is 1. The van der Waals surface area contributed by atoms with Crippen LogP contribution in [0.4, 0.5) is 5.69 Å². The molecule has 7 heteroatoms. The molecule has 2 N–H and O–H groups in total. The number of rotatable bonds is 6. The van der Waals surface area contributed by atoms with Gasteiger partial charge in [0.1, 0.15) is 0 Å². The second-order valence-corrected chi connectivity index (χ2v) is 6.11. The van der Waals surface area contributed by atoms with Gasteiger partial charge < -0.3 is 10.4 Å². The predicted octanol–water partition coefficient (Wildman–Crippen LogP) is 1.78. The molecule has 0 spiro atoms. The zero-order valence-electron chi connectivity index (χ0n) is 11.5. The minimum atomic E-state index is -1.14. The van der Waals surface area contributed by atoms with Gasteiger partial charge in [0.05, 0.1) is 11.9 Å². The molecule has 0 aromatic carbocycles. The Morgan fingerprint density at radius 3 is 2.74 bits per heavy atom. The zero-order chi connectivity index (χ0) is 14.6. The van der Waals surface area contributed by atoms with Crippen molar-refractivity contribution in [1.82, 2.24) is 9.78 Å². The summed E-state index contributed by atoms with van der Waals surface area (Å²) in [6.45, 7) is 5.06. The second-order valence-electron chi connectivity index (χ2n) is 4.84. The van der Waals surface area contributed by atoms with Crippen molar-refractivity contribution in [2.24, 2.45) is 0 Å². The highest BCUT2D eigenvalue weighted by molar-refractivity contribution is 7.99. The van der Waals surface area contributed by atoms with Gasteiger partial charge in [0.2, 0.25) is 5.91 Å². The normalized spacial score (nSPS) is 13.1. The molecule has 0 aliphatic carbocycles. The number of carbonyl (C=O) groups excluding carboxylic acids is 1. The number of nitrogens with zero attached hydrogens (tertiary/aromatic N) is 2. The number of carboxylic acids is 1. The lowest BCUT2D eigenvalue weighted by Crippen LogP contribution is -2.35. The van der Waals surface area contributed by atoms with E-state index in [1.807, 2.05) is 13.2 Å². The van der Waals surface area contributed by atoms with Crippen molar-refractivity contribution >= 4 is 29.3 Å². The summed E-state index contributed by atoms with van der Waals surface area (Å²) in [5.74, 6) is -1.08. The number of thioether (sulfide) groups is 1. The number of carbonyl (C=O) groups is 2. The van der Waals surface area contributed by atoms with Crippen LogP contribution in [0.3, 0.4) is 0 Å². The standard InChI is InChI=1S/C12H19N3O3S/c1-8(19-4)5-10(16)14-9-6-13-15(7-9)12(2,3)11(17)18/h6-8H,5H2,1-4H3,(H,14,16)(H,17,18). The van der Waals surface area contributed by atoms with E-state index in [9.17, 15) is 9.59 Å². The van der Waals surface area contributed by atoms with Crippen LogP contribution < -0.4 is 5.32 Å². The van der Waals surface area contributed by atoms with Crippen molar-refractivity contribution in [2.45, 2.75) is 38.0 Å². The average molecular weight is 285 g/mol. The lowest BCUT2D eigenvalue weighted by molar-refractivity contribution is -0.146. The largest absolute Gasteiger partial charge is 0.479 e. The first-order valence-electron chi connectivity index (χ1n) is 5.88. The van der Waals surface area contributed by atoms with E-state index in [1.54, 1.807) is 25.6 Å². The van der Waals surface area contributed by atoms with Crippen molar-refractivity contribution in [2.75, 3.05) is 11.6 Å². The van der Waals surface area contributed by atoms with Crippen molar-refractivity contribution in [3.63, 3.8) is 0 Å². The van der Waals surface area contributed by atoms with Gasteiger partial charge in [-0.1, -0.05) is 6.92 Å². The number of nitrogens with one attached hydrogen (secondary N) is 1. The summed E-state index contributed by atoms with van der Waals surface area (Å²) >= 11 is 1.62. The molecule has 0 fully saturated rings. The van der Waals surface area contributed by atoms with Crippen molar-refractivity contribution in [3.05, 3.63) is 12.4 Å². The van der Waals surface area contributed by atoms with Gasteiger partial charge in [0.15, 0.2) is 5.54 Å². The predicted molar refractivity (Wildman–Crippen MR) is 75.4 cm³/mol. The number of aromatic nitrogens is 2. The SMILES string of the molecule is CSC(C)CC(=O)Nc1cnn(C(C)(C)C(=O)O)c1. The lowest BCUT2D eigenvalue weighted by Gasteiger charge is -2.19. The molecule has 0 bridgehead atoms. The fraction of sp³-hybridized carbons (Fsp3) is 0.583. The van der Waals surface area contributed by atoms with E-state index in [0.29, 0.717) is 12.1 Å². The summed E-state index contributed by atoms with van der Waals surface area (Å²) in [4.78, 5) is 22.8. The van der Waals surface area contributed by atoms with Gasteiger partial charge in [-0.15, -0.1) is 0 Å². The molecule has 6 nitrogen and oxygen atoms in total. The third kappa shape index (κ3) is 3.99. The quantitative estimate of drug-likeness (QED) is 0.832. The lowest BCUT2D eigenvalue weighted by atomic mass is 10.1. The summed E-state index contributed by atoms with van der Waals surface area (Å²) in [6.07, 6.45) is 5.34. The van der Waals surface area contributed by atoms with Crippen LogP contribution in [0.25, 0.3) is 0 Å². The van der Waals surface area contributed by atoms with Crippen LogP contribution in [0.15, 0.2) is 12.4 Å². The Balaban J connectivity index is 2.71. The number of aliphatic carboxylic acids is 1. The molecule has 1 aromatic heterocycles. The molecule has 106 valence electrons. The minimum Gasteiger partial charge on any atom is -0.479 e. The van der Waals surface area contributed by atoms with Crippen LogP contribution in [0.1, 0.15) is 27.2 Å². The van der Waals surface area contributed by atoms with Gasteiger partial charge in [-0.3, -0.25) is 9.48 Å². The maximum atomic E-state index is 11.7. The minimum absolute atomic E-state index is 0.102. The molecule has 1 amide bonds. The first-order chi connectivity index (χ1) is 8.77. The highest BCUT2D eigenvalue weighted by atomic mass is 32.2. The van der Waals surface area contributed by atoms with Gasteiger partial charge in [0.25, 0.3) is 0 Å². The van der Waals surface area contributed by atoms with E-state index >= 15 is 0 Å².